The highest BCUT2D eigenvalue weighted by Crippen LogP contribution is 2.65. The highest BCUT2D eigenvalue weighted by Gasteiger charge is 2.61. The molecule has 2 heteroatoms. The fourth-order valence-electron chi connectivity index (χ4n) is 6.58. The average molecular weight is 351 g/mol. The number of alkyl halides is 1. The van der Waals surface area contributed by atoms with Crippen LogP contribution in [-0.4, -0.2) is 10.6 Å². The van der Waals surface area contributed by atoms with Crippen LogP contribution in [0.3, 0.4) is 0 Å². The molecule has 4 aliphatic carbocycles. The van der Waals surface area contributed by atoms with Crippen LogP contribution in [0.1, 0.15) is 58.8 Å². The molecule has 0 aromatic carbocycles. The van der Waals surface area contributed by atoms with E-state index in [9.17, 15) is 4.79 Å². The summed E-state index contributed by atoms with van der Waals surface area (Å²) >= 11 is 3.67. The van der Waals surface area contributed by atoms with Gasteiger partial charge >= 0.3 is 0 Å². The van der Waals surface area contributed by atoms with Gasteiger partial charge in [0.1, 0.15) is 0 Å². The summed E-state index contributed by atoms with van der Waals surface area (Å²) in [5, 5.41) is 0. The molecule has 3 fully saturated rings. The van der Waals surface area contributed by atoms with Gasteiger partial charge in [-0.15, -0.1) is 0 Å². The highest BCUT2D eigenvalue weighted by molar-refractivity contribution is 9.10. The van der Waals surface area contributed by atoms with Gasteiger partial charge in [-0.2, -0.15) is 0 Å². The molecule has 116 valence electrons. The van der Waals surface area contributed by atoms with E-state index >= 15 is 0 Å². The average Bonchev–Trinajstić information content (AvgIpc) is 2.70. The van der Waals surface area contributed by atoms with Crippen molar-refractivity contribution in [3.8, 4) is 0 Å². The Labute approximate surface area is 137 Å². The van der Waals surface area contributed by atoms with Crippen LogP contribution in [0.5, 0.6) is 0 Å². The van der Waals surface area contributed by atoms with E-state index in [0.29, 0.717) is 17.1 Å². The largest absolute Gasteiger partial charge is 0.298 e. The third-order valence-electron chi connectivity index (χ3n) is 7.86. The Morgan fingerprint density at radius 3 is 2.76 bits per heavy atom. The Balaban J connectivity index is 1.69. The smallest absolute Gasteiger partial charge is 0.152 e. The summed E-state index contributed by atoms with van der Waals surface area (Å²) in [5.41, 5.74) is 0.482. The van der Waals surface area contributed by atoms with Gasteiger partial charge < -0.3 is 0 Å². The summed E-state index contributed by atoms with van der Waals surface area (Å²) < 4.78 is 0. The summed E-state index contributed by atoms with van der Waals surface area (Å²) in [6.07, 6.45) is 13.8. The fourth-order valence-corrected chi connectivity index (χ4v) is 7.50. The SMILES string of the molecule is C[C@]12CCC=C[C@@H]1CC[C@@H]1[C@@H]2CC[C@]2(C)C(=O)[C@H](Br)C[C@@H]12. The maximum absolute atomic E-state index is 12.6. The topological polar surface area (TPSA) is 17.1 Å². The monoisotopic (exact) mass is 350 g/mol. The summed E-state index contributed by atoms with van der Waals surface area (Å²) in [6.45, 7) is 4.83. The molecule has 0 saturated heterocycles. The third kappa shape index (κ3) is 1.84. The second-order valence-corrected chi connectivity index (χ2v) is 9.66. The van der Waals surface area contributed by atoms with E-state index in [4.69, 9.17) is 0 Å². The summed E-state index contributed by atoms with van der Waals surface area (Å²) in [4.78, 5) is 12.8. The van der Waals surface area contributed by atoms with Gasteiger partial charge in [-0.3, -0.25) is 4.79 Å². The Morgan fingerprint density at radius 2 is 1.95 bits per heavy atom. The Morgan fingerprint density at radius 1 is 1.14 bits per heavy atom. The van der Waals surface area contributed by atoms with Crippen molar-refractivity contribution in [3.05, 3.63) is 12.2 Å². The number of ketones is 1. The zero-order valence-electron chi connectivity index (χ0n) is 13.3. The van der Waals surface area contributed by atoms with E-state index in [1.807, 2.05) is 0 Å². The Hall–Kier alpha value is -0.110. The molecule has 0 unspecified atom stereocenters. The van der Waals surface area contributed by atoms with E-state index in [0.717, 1.165) is 30.6 Å². The molecule has 4 rings (SSSR count). The third-order valence-corrected chi connectivity index (χ3v) is 8.65. The molecule has 1 nitrogen and oxygen atoms in total. The van der Waals surface area contributed by atoms with E-state index in [1.165, 1.54) is 32.1 Å². The van der Waals surface area contributed by atoms with Crippen molar-refractivity contribution in [2.75, 3.05) is 0 Å². The molecule has 0 bridgehead atoms. The predicted octanol–water partition coefficient (Wildman–Crippen LogP) is 5.14. The first-order chi connectivity index (χ1) is 9.97. The lowest BCUT2D eigenvalue weighted by atomic mass is 9.46. The fraction of sp³-hybridized carbons (Fsp3) is 0.842. The molecule has 0 radical (unpaired) electrons. The Bertz CT molecular complexity index is 498. The predicted molar refractivity (Wildman–Crippen MR) is 89.4 cm³/mol. The number of fused-ring (bicyclic) bond motifs is 5. The van der Waals surface area contributed by atoms with Crippen molar-refractivity contribution < 1.29 is 4.79 Å². The molecule has 3 saturated carbocycles. The van der Waals surface area contributed by atoms with Gasteiger partial charge in [-0.05, 0) is 74.0 Å². The van der Waals surface area contributed by atoms with Gasteiger partial charge in [-0.25, -0.2) is 0 Å². The van der Waals surface area contributed by atoms with Gasteiger partial charge in [0.15, 0.2) is 5.78 Å². The van der Waals surface area contributed by atoms with E-state index < -0.39 is 0 Å². The van der Waals surface area contributed by atoms with Crippen molar-refractivity contribution in [2.45, 2.75) is 63.6 Å². The maximum Gasteiger partial charge on any atom is 0.152 e. The molecule has 0 N–H and O–H groups in total. The number of carbonyl (C=O) groups excluding carboxylic acids is 1. The molecule has 0 spiro atoms. The van der Waals surface area contributed by atoms with E-state index in [-0.39, 0.29) is 10.2 Å². The minimum absolute atomic E-state index is 0.0248. The molecule has 0 heterocycles. The number of carbonyl (C=O) groups is 1. The lowest BCUT2D eigenvalue weighted by molar-refractivity contribution is -0.135. The van der Waals surface area contributed by atoms with Crippen LogP contribution in [0.2, 0.25) is 0 Å². The lowest BCUT2D eigenvalue weighted by Crippen LogP contribution is -2.52. The minimum Gasteiger partial charge on any atom is -0.298 e. The second kappa shape index (κ2) is 4.69. The first-order valence-corrected chi connectivity index (χ1v) is 9.73. The van der Waals surface area contributed by atoms with Gasteiger partial charge in [-0.1, -0.05) is 41.9 Å². The van der Waals surface area contributed by atoms with Crippen LogP contribution in [0.25, 0.3) is 0 Å². The van der Waals surface area contributed by atoms with Crippen molar-refractivity contribution in [1.29, 1.82) is 0 Å². The van der Waals surface area contributed by atoms with Gasteiger partial charge in [0, 0.05) is 5.41 Å². The molecule has 21 heavy (non-hydrogen) atoms. The van der Waals surface area contributed by atoms with E-state index in [1.54, 1.807) is 0 Å². The van der Waals surface area contributed by atoms with Crippen molar-refractivity contribution in [3.63, 3.8) is 0 Å². The molecule has 0 aliphatic heterocycles. The molecule has 7 atom stereocenters. The summed E-state index contributed by atoms with van der Waals surface area (Å²) in [6, 6.07) is 0. The maximum atomic E-state index is 12.6. The molecule has 4 aliphatic rings. The molecule has 0 amide bonds. The highest BCUT2D eigenvalue weighted by atomic mass is 79.9. The second-order valence-electron chi connectivity index (χ2n) is 8.56. The lowest BCUT2D eigenvalue weighted by Gasteiger charge is -2.58. The van der Waals surface area contributed by atoms with Gasteiger partial charge in [0.25, 0.3) is 0 Å². The quantitative estimate of drug-likeness (QED) is 0.436. The summed E-state index contributed by atoms with van der Waals surface area (Å²) in [7, 11) is 0. The van der Waals surface area contributed by atoms with Crippen molar-refractivity contribution in [2.24, 2.45) is 34.5 Å². The number of halogens is 1. The van der Waals surface area contributed by atoms with Crippen molar-refractivity contribution in [1.82, 2.24) is 0 Å². The number of allylic oxidation sites excluding steroid dienone is 2. The standard InChI is InChI=1S/C19H27BrO/c1-18-9-4-3-5-12(18)6-7-13-14(18)8-10-19(2)15(13)11-16(20)17(19)21/h3,5,12-16H,4,6-11H2,1-2H3/t12-,13-,14+,15+,16-,18+,19+/m1/s1. The van der Waals surface area contributed by atoms with Crippen LogP contribution in [0.4, 0.5) is 0 Å². The minimum atomic E-state index is -0.0248. The molecule has 0 aromatic rings. The zero-order valence-corrected chi connectivity index (χ0v) is 14.9. The number of hydrogen-bond acceptors (Lipinski definition) is 1. The van der Waals surface area contributed by atoms with Crippen LogP contribution in [-0.2, 0) is 4.79 Å². The molecular weight excluding hydrogens is 324 g/mol. The van der Waals surface area contributed by atoms with Crippen molar-refractivity contribution >= 4 is 21.7 Å². The normalized spacial score (nSPS) is 55.8. The first kappa shape index (κ1) is 14.5. The Kier molecular flexibility index (Phi) is 3.24. The van der Waals surface area contributed by atoms with E-state index in [2.05, 4.69) is 41.9 Å². The molecule has 0 aromatic heterocycles. The molecular formula is C19H27BrO. The van der Waals surface area contributed by atoms with Gasteiger partial charge in [0.2, 0.25) is 0 Å². The summed E-state index contributed by atoms with van der Waals surface area (Å²) in [5.74, 6) is 3.58. The number of rotatable bonds is 0. The zero-order chi connectivity index (χ0) is 14.8. The van der Waals surface area contributed by atoms with Gasteiger partial charge in [0.05, 0.1) is 4.83 Å². The van der Waals surface area contributed by atoms with Crippen LogP contribution in [0.15, 0.2) is 12.2 Å². The van der Waals surface area contributed by atoms with Crippen LogP contribution in [0, 0.1) is 34.5 Å². The van der Waals surface area contributed by atoms with Crippen LogP contribution < -0.4 is 0 Å². The first-order valence-electron chi connectivity index (χ1n) is 8.82. The van der Waals surface area contributed by atoms with Crippen LogP contribution >= 0.6 is 15.9 Å². The number of hydrogen-bond donors (Lipinski definition) is 0. The number of Topliss-reactive ketones (excluding diaryl/α,β-unsaturated/α-hetero) is 1.